The van der Waals surface area contributed by atoms with Gasteiger partial charge in [0.1, 0.15) is 17.8 Å². The van der Waals surface area contributed by atoms with Crippen molar-refractivity contribution < 1.29 is 23.8 Å². The number of ether oxygens (including phenoxy) is 3. The minimum Gasteiger partial charge on any atom is -0.459 e. The van der Waals surface area contributed by atoms with Gasteiger partial charge in [-0.15, -0.1) is 0 Å². The smallest absolute Gasteiger partial charge is 0.306 e. The van der Waals surface area contributed by atoms with E-state index in [4.69, 9.17) is 14.2 Å². The van der Waals surface area contributed by atoms with Crippen molar-refractivity contribution in [3.63, 3.8) is 0 Å². The molecule has 1 spiro atoms. The number of rotatable bonds is 8. The Morgan fingerprint density at radius 2 is 1.59 bits per heavy atom. The first-order valence-electron chi connectivity index (χ1n) is 8.58. The fourth-order valence-electron chi connectivity index (χ4n) is 3.06. The molecule has 22 heavy (non-hydrogen) atoms. The fourth-order valence-corrected chi connectivity index (χ4v) is 3.06. The molecular weight excluding hydrogens is 284 g/mol. The van der Waals surface area contributed by atoms with E-state index in [2.05, 4.69) is 0 Å². The van der Waals surface area contributed by atoms with Crippen molar-refractivity contribution in [1.82, 2.24) is 0 Å². The number of hydrogen-bond acceptors (Lipinski definition) is 5. The third kappa shape index (κ3) is 4.00. The molecule has 2 rings (SSSR count). The summed E-state index contributed by atoms with van der Waals surface area (Å²) in [5.41, 5.74) is -0.580. The summed E-state index contributed by atoms with van der Waals surface area (Å²) in [6, 6.07) is 0. The summed E-state index contributed by atoms with van der Waals surface area (Å²) in [7, 11) is 0. The van der Waals surface area contributed by atoms with Gasteiger partial charge < -0.3 is 14.2 Å². The Kier molecular flexibility index (Phi) is 5.84. The third-order valence-corrected chi connectivity index (χ3v) is 4.42. The van der Waals surface area contributed by atoms with Crippen LogP contribution in [0.4, 0.5) is 0 Å². The molecule has 4 atom stereocenters. The Labute approximate surface area is 132 Å². The Hall–Kier alpha value is -1.10. The van der Waals surface area contributed by atoms with Gasteiger partial charge in [-0.2, -0.15) is 0 Å². The van der Waals surface area contributed by atoms with Gasteiger partial charge in [0.2, 0.25) is 0 Å². The van der Waals surface area contributed by atoms with Crippen molar-refractivity contribution in [2.45, 2.75) is 96.1 Å². The van der Waals surface area contributed by atoms with Gasteiger partial charge in [0.25, 0.3) is 0 Å². The predicted molar refractivity (Wildman–Crippen MR) is 81.3 cm³/mol. The Balaban J connectivity index is 1.86. The number of carbonyl (C=O) groups is 2. The van der Waals surface area contributed by atoms with Crippen LogP contribution in [0.1, 0.15) is 72.1 Å². The highest BCUT2D eigenvalue weighted by Gasteiger charge is 2.69. The first-order valence-corrected chi connectivity index (χ1v) is 8.58. The SMILES string of the molecule is CCCCC(=O)O[C@H]1C[C@H](C)OC12C[C@@H]2OC(=O)CCCC. The van der Waals surface area contributed by atoms with Crippen LogP contribution in [-0.4, -0.2) is 35.9 Å². The van der Waals surface area contributed by atoms with Crippen molar-refractivity contribution in [2.75, 3.05) is 0 Å². The first kappa shape index (κ1) is 17.3. The summed E-state index contributed by atoms with van der Waals surface area (Å²) in [6.07, 6.45) is 5.31. The second kappa shape index (κ2) is 7.44. The minimum atomic E-state index is -0.580. The number of carbonyl (C=O) groups excluding carboxylic acids is 2. The molecule has 0 aromatic rings. The second-order valence-corrected chi connectivity index (χ2v) is 6.49. The van der Waals surface area contributed by atoms with E-state index in [0.29, 0.717) is 25.7 Å². The van der Waals surface area contributed by atoms with Crippen LogP contribution < -0.4 is 0 Å². The molecule has 0 aromatic heterocycles. The average Bonchev–Trinajstić information content (AvgIpc) is 3.05. The molecule has 0 amide bonds. The fraction of sp³-hybridized carbons (Fsp3) is 0.882. The molecule has 1 aliphatic carbocycles. The lowest BCUT2D eigenvalue weighted by molar-refractivity contribution is -0.158. The first-order chi connectivity index (χ1) is 10.5. The van der Waals surface area contributed by atoms with Gasteiger partial charge in [-0.3, -0.25) is 9.59 Å². The van der Waals surface area contributed by atoms with E-state index >= 15 is 0 Å². The maximum Gasteiger partial charge on any atom is 0.306 e. The number of esters is 2. The highest BCUT2D eigenvalue weighted by Crippen LogP contribution is 2.53. The molecule has 126 valence electrons. The van der Waals surface area contributed by atoms with Crippen LogP contribution in [0.15, 0.2) is 0 Å². The zero-order chi connectivity index (χ0) is 16.2. The summed E-state index contributed by atoms with van der Waals surface area (Å²) in [5, 5.41) is 0. The Bertz CT molecular complexity index is 408. The van der Waals surface area contributed by atoms with Gasteiger partial charge >= 0.3 is 11.9 Å². The van der Waals surface area contributed by atoms with Crippen LogP contribution in [0.5, 0.6) is 0 Å². The predicted octanol–water partition coefficient (Wildman–Crippen LogP) is 3.14. The molecule has 5 heteroatoms. The van der Waals surface area contributed by atoms with Gasteiger partial charge in [0.15, 0.2) is 0 Å². The van der Waals surface area contributed by atoms with E-state index in [1.54, 1.807) is 0 Å². The van der Waals surface area contributed by atoms with Crippen molar-refractivity contribution in [3.05, 3.63) is 0 Å². The largest absolute Gasteiger partial charge is 0.459 e. The summed E-state index contributed by atoms with van der Waals surface area (Å²) in [5.74, 6) is -0.352. The van der Waals surface area contributed by atoms with E-state index in [1.807, 2.05) is 20.8 Å². The molecule has 1 heterocycles. The van der Waals surface area contributed by atoms with Gasteiger partial charge in [-0.05, 0) is 19.8 Å². The summed E-state index contributed by atoms with van der Waals surface area (Å²) in [6.45, 7) is 6.05. The minimum absolute atomic E-state index is 0.0309. The van der Waals surface area contributed by atoms with E-state index < -0.39 is 5.60 Å². The molecule has 0 bridgehead atoms. The second-order valence-electron chi connectivity index (χ2n) is 6.49. The van der Waals surface area contributed by atoms with Crippen LogP contribution in [0.3, 0.4) is 0 Å². The van der Waals surface area contributed by atoms with Gasteiger partial charge in [0, 0.05) is 25.7 Å². The monoisotopic (exact) mass is 312 g/mol. The molecule has 5 nitrogen and oxygen atoms in total. The van der Waals surface area contributed by atoms with Crippen LogP contribution in [0.25, 0.3) is 0 Å². The average molecular weight is 312 g/mol. The lowest BCUT2D eigenvalue weighted by Gasteiger charge is -2.19. The van der Waals surface area contributed by atoms with Crippen LogP contribution >= 0.6 is 0 Å². The molecule has 2 fully saturated rings. The molecule has 0 radical (unpaired) electrons. The maximum absolute atomic E-state index is 11.9. The number of hydrogen-bond donors (Lipinski definition) is 0. The molecular formula is C17H28O5. The highest BCUT2D eigenvalue weighted by molar-refractivity contribution is 5.71. The summed E-state index contributed by atoms with van der Waals surface area (Å²) >= 11 is 0. The van der Waals surface area contributed by atoms with Crippen molar-refractivity contribution >= 4 is 11.9 Å². The maximum atomic E-state index is 11.9. The van der Waals surface area contributed by atoms with Crippen molar-refractivity contribution in [1.29, 1.82) is 0 Å². The van der Waals surface area contributed by atoms with Crippen LogP contribution in [0.2, 0.25) is 0 Å². The summed E-state index contributed by atoms with van der Waals surface area (Å²) < 4.78 is 17.0. The number of unbranched alkanes of at least 4 members (excludes halogenated alkanes) is 2. The zero-order valence-corrected chi connectivity index (χ0v) is 13.9. The normalized spacial score (nSPS) is 33.0. The van der Waals surface area contributed by atoms with Gasteiger partial charge in [0.05, 0.1) is 6.10 Å². The molecule has 0 N–H and O–H groups in total. The van der Waals surface area contributed by atoms with E-state index in [1.165, 1.54) is 0 Å². The lowest BCUT2D eigenvalue weighted by Crippen LogP contribution is -2.33. The van der Waals surface area contributed by atoms with Gasteiger partial charge in [-0.25, -0.2) is 0 Å². The quantitative estimate of drug-likeness (QED) is 0.644. The topological polar surface area (TPSA) is 61.8 Å². The van der Waals surface area contributed by atoms with E-state index in [-0.39, 0.29) is 30.3 Å². The Morgan fingerprint density at radius 1 is 1.05 bits per heavy atom. The van der Waals surface area contributed by atoms with Crippen LogP contribution in [-0.2, 0) is 23.8 Å². The van der Waals surface area contributed by atoms with Crippen molar-refractivity contribution in [2.24, 2.45) is 0 Å². The van der Waals surface area contributed by atoms with Crippen molar-refractivity contribution in [3.8, 4) is 0 Å². The molecule has 1 saturated carbocycles. The van der Waals surface area contributed by atoms with E-state index in [9.17, 15) is 9.59 Å². The molecule has 1 saturated heterocycles. The van der Waals surface area contributed by atoms with Crippen LogP contribution in [0, 0.1) is 0 Å². The summed E-state index contributed by atoms with van der Waals surface area (Å²) in [4.78, 5) is 23.6. The van der Waals surface area contributed by atoms with Gasteiger partial charge in [-0.1, -0.05) is 26.7 Å². The third-order valence-electron chi connectivity index (χ3n) is 4.42. The molecule has 0 aromatic carbocycles. The molecule has 1 aliphatic heterocycles. The molecule has 1 unspecified atom stereocenters. The highest BCUT2D eigenvalue weighted by atomic mass is 16.6. The molecule has 2 aliphatic rings. The zero-order valence-electron chi connectivity index (χ0n) is 13.9. The van der Waals surface area contributed by atoms with E-state index in [0.717, 1.165) is 25.7 Å². The standard InChI is InChI=1S/C17H28O5/c1-4-6-8-15(18)20-13-10-12(3)22-17(13)11-14(17)21-16(19)9-7-5-2/h12-14H,4-11H2,1-3H3/t12-,13-,14-,17?/m0/s1. The lowest BCUT2D eigenvalue weighted by atomic mass is 10.1. The Morgan fingerprint density at radius 3 is 2.14 bits per heavy atom.